The van der Waals surface area contributed by atoms with Crippen LogP contribution in [0.25, 0.3) is 10.2 Å². The van der Waals surface area contributed by atoms with Gasteiger partial charge in [0.1, 0.15) is 0 Å². The average Bonchev–Trinajstić information content (AvgIpc) is 3.01. The molecule has 6 heteroatoms. The third-order valence-electron chi connectivity index (χ3n) is 4.93. The number of ether oxygens (including phenoxy) is 1. The van der Waals surface area contributed by atoms with E-state index in [9.17, 15) is 0 Å². The molecule has 2 heterocycles. The van der Waals surface area contributed by atoms with Gasteiger partial charge in [-0.05, 0) is 36.9 Å². The van der Waals surface area contributed by atoms with Gasteiger partial charge < -0.3 is 9.64 Å². The number of thiazole rings is 1. The molecule has 3 rings (SSSR count). The van der Waals surface area contributed by atoms with Gasteiger partial charge in [0.25, 0.3) is 0 Å². The predicted molar refractivity (Wildman–Crippen MR) is 104 cm³/mol. The van der Waals surface area contributed by atoms with Crippen LogP contribution in [0.5, 0.6) is 5.75 Å². The second-order valence-electron chi connectivity index (χ2n) is 6.72. The summed E-state index contributed by atoms with van der Waals surface area (Å²) < 4.78 is 7.23. The van der Waals surface area contributed by atoms with Crippen molar-refractivity contribution >= 4 is 32.4 Å². The van der Waals surface area contributed by atoms with Crippen LogP contribution in [0.3, 0.4) is 0 Å². The quantitative estimate of drug-likeness (QED) is 0.772. The molecule has 2 aromatic rings. The van der Waals surface area contributed by atoms with Gasteiger partial charge in [-0.3, -0.25) is 0 Å². The summed E-state index contributed by atoms with van der Waals surface area (Å²) in [4.78, 5) is 7.32. The Bertz CT molecular complexity index is 703. The van der Waals surface area contributed by atoms with Crippen LogP contribution < -0.4 is 15.2 Å². The van der Waals surface area contributed by atoms with Crippen molar-refractivity contribution in [1.29, 1.82) is 0 Å². The van der Waals surface area contributed by atoms with E-state index in [1.165, 1.54) is 32.1 Å². The maximum Gasteiger partial charge on any atom is 0.186 e. The maximum atomic E-state index is 6.11. The van der Waals surface area contributed by atoms with E-state index in [2.05, 4.69) is 23.9 Å². The van der Waals surface area contributed by atoms with Crippen molar-refractivity contribution in [3.63, 3.8) is 0 Å². The summed E-state index contributed by atoms with van der Waals surface area (Å²) in [5.41, 5.74) is 7.30. The van der Waals surface area contributed by atoms with Crippen LogP contribution in [0.15, 0.2) is 17.2 Å². The van der Waals surface area contributed by atoms with Gasteiger partial charge in [0.2, 0.25) is 0 Å². The molecule has 0 atom stereocenters. The molecule has 0 radical (unpaired) electrons. The summed E-state index contributed by atoms with van der Waals surface area (Å²) in [6.07, 6.45) is 8.64. The fraction of sp³-hybridized carbons (Fsp3) is 0.632. The van der Waals surface area contributed by atoms with E-state index in [0.717, 1.165) is 47.0 Å². The Labute approximate surface area is 153 Å². The Morgan fingerprint density at radius 3 is 2.48 bits per heavy atom. The van der Waals surface area contributed by atoms with E-state index >= 15 is 0 Å². The van der Waals surface area contributed by atoms with Gasteiger partial charge in [-0.25, -0.2) is 4.98 Å². The van der Waals surface area contributed by atoms with E-state index in [4.69, 9.17) is 15.3 Å². The number of fused-ring (bicyclic) bond motifs is 1. The van der Waals surface area contributed by atoms with Gasteiger partial charge in [0.15, 0.2) is 16.6 Å². The van der Waals surface area contributed by atoms with Gasteiger partial charge >= 0.3 is 0 Å². The summed E-state index contributed by atoms with van der Waals surface area (Å²) in [5.74, 6) is 0.744. The van der Waals surface area contributed by atoms with E-state index in [1.807, 2.05) is 12.1 Å². The highest BCUT2D eigenvalue weighted by atomic mass is 32.1. The molecule has 0 amide bonds. The number of nitrogens with two attached hydrogens (primary N) is 1. The second-order valence-corrected chi connectivity index (χ2v) is 7.73. The van der Waals surface area contributed by atoms with Crippen molar-refractivity contribution in [2.24, 2.45) is 5.11 Å². The van der Waals surface area contributed by atoms with Crippen LogP contribution in [0, 0.1) is 0 Å². The topological polar surface area (TPSA) is 63.3 Å². The molecule has 25 heavy (non-hydrogen) atoms. The van der Waals surface area contributed by atoms with Crippen molar-refractivity contribution in [1.82, 2.24) is 4.98 Å². The molecule has 1 fully saturated rings. The lowest BCUT2D eigenvalue weighted by Crippen LogP contribution is -2.26. The van der Waals surface area contributed by atoms with Crippen molar-refractivity contribution in [2.45, 2.75) is 64.9 Å². The fourth-order valence-electron chi connectivity index (χ4n) is 3.34. The number of nitrogens with zero attached hydrogens (tertiary/aromatic N) is 3. The molecular formula is C19H29N4OS+. The lowest BCUT2D eigenvalue weighted by molar-refractivity contribution is -0.210. The number of benzene rings is 1. The molecular weight excluding hydrogens is 332 g/mol. The largest absolute Gasteiger partial charge is 0.488 e. The fourth-order valence-corrected chi connectivity index (χ4v) is 4.37. The number of anilines is 1. The summed E-state index contributed by atoms with van der Waals surface area (Å²) in [6, 6.07) is 4.02. The lowest BCUT2D eigenvalue weighted by atomic mass is 10.1. The molecule has 0 unspecified atom stereocenters. The zero-order valence-electron chi connectivity index (χ0n) is 15.3. The lowest BCUT2D eigenvalue weighted by Gasteiger charge is -2.23. The van der Waals surface area contributed by atoms with Crippen LogP contribution in [-0.2, 0) is 0 Å². The Morgan fingerprint density at radius 2 is 1.84 bits per heavy atom. The van der Waals surface area contributed by atoms with Gasteiger partial charge in [-0.1, -0.05) is 44.4 Å². The average molecular weight is 362 g/mol. The molecule has 5 nitrogen and oxygen atoms in total. The minimum Gasteiger partial charge on any atom is -0.488 e. The molecule has 1 saturated heterocycles. The number of hydrogen-bond acceptors (Lipinski definition) is 5. The van der Waals surface area contributed by atoms with Crippen LogP contribution in [-0.4, -0.2) is 24.2 Å². The molecule has 0 saturated carbocycles. The molecule has 0 bridgehead atoms. The molecule has 1 aliphatic heterocycles. The van der Waals surface area contributed by atoms with Gasteiger partial charge in [-0.2, -0.15) is 5.53 Å². The minimum absolute atomic E-state index is 0.186. The first kappa shape index (κ1) is 18.1. The smallest absolute Gasteiger partial charge is 0.186 e. The van der Waals surface area contributed by atoms with Crippen LogP contribution in [0.2, 0.25) is 0 Å². The number of rotatable bonds is 6. The minimum atomic E-state index is 0.186. The molecule has 1 aromatic carbocycles. The van der Waals surface area contributed by atoms with E-state index in [1.54, 1.807) is 11.3 Å². The van der Waals surface area contributed by atoms with Crippen molar-refractivity contribution in [2.75, 3.05) is 18.0 Å². The Kier molecular flexibility index (Phi) is 6.24. The molecule has 0 aliphatic carbocycles. The zero-order chi connectivity index (χ0) is 17.6. The highest BCUT2D eigenvalue weighted by Gasteiger charge is 2.18. The van der Waals surface area contributed by atoms with Crippen molar-refractivity contribution in [3.8, 4) is 5.75 Å². The second kappa shape index (κ2) is 8.61. The molecule has 0 spiro atoms. The van der Waals surface area contributed by atoms with E-state index in [-0.39, 0.29) is 6.10 Å². The first-order valence-corrected chi connectivity index (χ1v) is 10.3. The Hall–Kier alpha value is -1.69. The molecule has 1 aliphatic rings. The van der Waals surface area contributed by atoms with Gasteiger partial charge in [0, 0.05) is 19.2 Å². The summed E-state index contributed by atoms with van der Waals surface area (Å²) in [6.45, 7) is 6.47. The Morgan fingerprint density at radius 1 is 1.16 bits per heavy atom. The predicted octanol–water partition coefficient (Wildman–Crippen LogP) is 4.48. The highest BCUT2D eigenvalue weighted by Crippen LogP contribution is 2.38. The number of hydrogen-bond donors (Lipinski definition) is 1. The Balaban J connectivity index is 1.89. The van der Waals surface area contributed by atoms with E-state index < -0.39 is 0 Å². The first-order chi connectivity index (χ1) is 12.2. The van der Waals surface area contributed by atoms with Crippen molar-refractivity contribution < 1.29 is 10.3 Å². The number of aromatic nitrogens is 1. The monoisotopic (exact) mass is 361 g/mol. The SMILES string of the molecule is CCC(CC)Oc1cc2nc(N3CCCCCCC3)sc2cc1N=[NH2+]. The van der Waals surface area contributed by atoms with Crippen molar-refractivity contribution in [3.05, 3.63) is 12.1 Å². The maximum absolute atomic E-state index is 6.11. The third kappa shape index (κ3) is 4.29. The normalized spacial score (nSPS) is 16.0. The van der Waals surface area contributed by atoms with Crippen LogP contribution >= 0.6 is 11.3 Å². The molecule has 136 valence electrons. The van der Waals surface area contributed by atoms with Gasteiger partial charge in [-0.15, -0.1) is 0 Å². The van der Waals surface area contributed by atoms with Crippen LogP contribution in [0.4, 0.5) is 10.8 Å². The summed E-state index contributed by atoms with van der Waals surface area (Å²) in [5, 5.41) is 5.04. The summed E-state index contributed by atoms with van der Waals surface area (Å²) in [7, 11) is 0. The summed E-state index contributed by atoms with van der Waals surface area (Å²) >= 11 is 1.73. The highest BCUT2D eigenvalue weighted by molar-refractivity contribution is 7.22. The van der Waals surface area contributed by atoms with Crippen LogP contribution in [0.1, 0.15) is 58.8 Å². The zero-order valence-corrected chi connectivity index (χ0v) is 16.1. The third-order valence-corrected chi connectivity index (χ3v) is 6.01. The first-order valence-electron chi connectivity index (χ1n) is 9.52. The molecule has 2 N–H and O–H groups in total. The van der Waals surface area contributed by atoms with E-state index in [0.29, 0.717) is 5.69 Å². The van der Waals surface area contributed by atoms with Gasteiger partial charge in [0.05, 0.1) is 16.3 Å². The molecule has 1 aromatic heterocycles. The standard InChI is InChI=1S/C19H28N4OS/c1-3-14(4-2)24-17-12-16-18(13-15(17)22-20)25-19(21-16)23-10-8-6-5-7-9-11-23/h12-14,20H,3-11H2,1-2H3/p+1.